The minimum absolute atomic E-state index is 0.443. The Kier molecular flexibility index (Phi) is 5.06. The highest BCUT2D eigenvalue weighted by molar-refractivity contribution is 5.36. The van der Waals surface area contributed by atoms with E-state index in [9.17, 15) is 0 Å². The molecule has 1 saturated carbocycles. The van der Waals surface area contributed by atoms with Gasteiger partial charge in [-0.25, -0.2) is 0 Å². The Bertz CT molecular complexity index is 360. The van der Waals surface area contributed by atoms with Crippen LogP contribution in [-0.4, -0.2) is 13.2 Å². The van der Waals surface area contributed by atoms with Crippen LogP contribution in [0.5, 0.6) is 5.75 Å². The maximum atomic E-state index is 5.75. The normalized spacial score (nSPS) is 16.6. The summed E-state index contributed by atoms with van der Waals surface area (Å²) >= 11 is 0. The Morgan fingerprint density at radius 1 is 1.28 bits per heavy atom. The molecule has 1 aromatic rings. The quantitative estimate of drug-likeness (QED) is 0.751. The van der Waals surface area contributed by atoms with Gasteiger partial charge in [0.2, 0.25) is 0 Å². The second-order valence-electron chi connectivity index (χ2n) is 5.10. The molecule has 2 nitrogen and oxygen atoms in total. The molecule has 2 heteroatoms. The lowest BCUT2D eigenvalue weighted by atomic mass is 9.99. The zero-order valence-corrected chi connectivity index (χ0v) is 11.6. The van der Waals surface area contributed by atoms with Gasteiger partial charge in [-0.3, -0.25) is 0 Å². The lowest BCUT2D eigenvalue weighted by molar-refractivity contribution is 0.329. The van der Waals surface area contributed by atoms with Crippen LogP contribution in [0.25, 0.3) is 0 Å². The minimum atomic E-state index is 0.443. The zero-order valence-electron chi connectivity index (χ0n) is 11.6. The molecule has 1 atom stereocenters. The van der Waals surface area contributed by atoms with E-state index in [0.29, 0.717) is 6.04 Å². The third-order valence-corrected chi connectivity index (χ3v) is 3.61. The second-order valence-corrected chi connectivity index (χ2v) is 5.10. The Labute approximate surface area is 111 Å². The molecular formula is C16H25NO. The lowest BCUT2D eigenvalue weighted by Crippen LogP contribution is -2.21. The Hall–Kier alpha value is -1.02. The molecule has 2 rings (SSSR count). The van der Waals surface area contributed by atoms with Crippen molar-refractivity contribution in [1.29, 1.82) is 0 Å². The summed E-state index contributed by atoms with van der Waals surface area (Å²) in [5.41, 5.74) is 1.32. The second kappa shape index (κ2) is 6.79. The van der Waals surface area contributed by atoms with Crippen LogP contribution in [0.4, 0.5) is 0 Å². The summed E-state index contributed by atoms with van der Waals surface area (Å²) in [5, 5.41) is 3.60. The molecule has 1 aliphatic carbocycles. The molecule has 18 heavy (non-hydrogen) atoms. The van der Waals surface area contributed by atoms with Crippen molar-refractivity contribution in [2.75, 3.05) is 13.2 Å². The van der Waals surface area contributed by atoms with Gasteiger partial charge >= 0.3 is 0 Å². The van der Waals surface area contributed by atoms with Gasteiger partial charge in [0, 0.05) is 11.6 Å². The van der Waals surface area contributed by atoms with E-state index < -0.39 is 0 Å². The molecule has 0 bridgehead atoms. The first kappa shape index (κ1) is 13.4. The van der Waals surface area contributed by atoms with Crippen molar-refractivity contribution in [3.63, 3.8) is 0 Å². The van der Waals surface area contributed by atoms with Gasteiger partial charge in [-0.15, -0.1) is 0 Å². The van der Waals surface area contributed by atoms with Crippen LogP contribution in [0.1, 0.15) is 51.1 Å². The van der Waals surface area contributed by atoms with Crippen LogP contribution in [0.3, 0.4) is 0 Å². The number of ether oxygens (including phenoxy) is 1. The molecule has 1 N–H and O–H groups in total. The largest absolute Gasteiger partial charge is 0.494 e. The zero-order chi connectivity index (χ0) is 12.8. The van der Waals surface area contributed by atoms with Crippen molar-refractivity contribution >= 4 is 0 Å². The van der Waals surface area contributed by atoms with E-state index in [1.165, 1.54) is 31.2 Å². The monoisotopic (exact) mass is 247 g/mol. The number of rotatable bonds is 8. The predicted octanol–water partition coefficient (Wildman–Crippen LogP) is 3.93. The van der Waals surface area contributed by atoms with E-state index in [0.717, 1.165) is 24.8 Å². The first-order valence-corrected chi connectivity index (χ1v) is 7.30. The molecular weight excluding hydrogens is 222 g/mol. The number of nitrogens with one attached hydrogen (secondary N) is 1. The third kappa shape index (κ3) is 3.74. The Balaban J connectivity index is 2.06. The van der Waals surface area contributed by atoms with Crippen molar-refractivity contribution in [2.24, 2.45) is 5.92 Å². The van der Waals surface area contributed by atoms with E-state index in [1.54, 1.807) is 0 Å². The smallest absolute Gasteiger partial charge is 0.124 e. The summed E-state index contributed by atoms with van der Waals surface area (Å²) in [4.78, 5) is 0. The van der Waals surface area contributed by atoms with Crippen molar-refractivity contribution in [2.45, 2.75) is 45.6 Å². The van der Waals surface area contributed by atoms with Gasteiger partial charge in [-0.1, -0.05) is 38.0 Å². The van der Waals surface area contributed by atoms with E-state index in [4.69, 9.17) is 4.74 Å². The molecule has 1 aliphatic rings. The third-order valence-electron chi connectivity index (χ3n) is 3.61. The number of benzene rings is 1. The van der Waals surface area contributed by atoms with Crippen molar-refractivity contribution in [3.05, 3.63) is 29.8 Å². The van der Waals surface area contributed by atoms with Gasteiger partial charge in [0.1, 0.15) is 5.75 Å². The number of hydrogen-bond acceptors (Lipinski definition) is 2. The highest BCUT2D eigenvalue weighted by atomic mass is 16.5. The maximum Gasteiger partial charge on any atom is 0.124 e. The molecule has 1 unspecified atom stereocenters. The average molecular weight is 247 g/mol. The minimum Gasteiger partial charge on any atom is -0.494 e. The fourth-order valence-electron chi connectivity index (χ4n) is 2.48. The average Bonchev–Trinajstić information content (AvgIpc) is 3.20. The maximum absolute atomic E-state index is 5.75. The molecule has 0 amide bonds. The molecule has 1 fully saturated rings. The van der Waals surface area contributed by atoms with E-state index in [2.05, 4.69) is 36.5 Å². The standard InChI is InChI=1S/C16H25NO/c1-3-17-15(12-11-13-9-10-13)14-7-5-6-8-16(14)18-4-2/h5-8,13,15,17H,3-4,9-12H2,1-2H3. The molecule has 0 aromatic heterocycles. The first-order chi connectivity index (χ1) is 8.85. The Morgan fingerprint density at radius 3 is 2.72 bits per heavy atom. The van der Waals surface area contributed by atoms with Crippen LogP contribution in [0.2, 0.25) is 0 Å². The topological polar surface area (TPSA) is 21.3 Å². The summed E-state index contributed by atoms with van der Waals surface area (Å²) in [6.07, 6.45) is 5.44. The van der Waals surface area contributed by atoms with Crippen LogP contribution in [0, 0.1) is 5.92 Å². The van der Waals surface area contributed by atoms with Crippen LogP contribution in [0.15, 0.2) is 24.3 Å². The summed E-state index contributed by atoms with van der Waals surface area (Å²) < 4.78 is 5.75. The molecule has 0 spiro atoms. The molecule has 1 aromatic carbocycles. The Morgan fingerprint density at radius 2 is 2.06 bits per heavy atom. The van der Waals surface area contributed by atoms with Gasteiger partial charge in [-0.05, 0) is 38.3 Å². The first-order valence-electron chi connectivity index (χ1n) is 7.30. The van der Waals surface area contributed by atoms with Crippen molar-refractivity contribution in [1.82, 2.24) is 5.32 Å². The fraction of sp³-hybridized carbons (Fsp3) is 0.625. The fourth-order valence-corrected chi connectivity index (χ4v) is 2.48. The summed E-state index contributed by atoms with van der Waals surface area (Å²) in [6.45, 7) is 5.96. The number of hydrogen-bond donors (Lipinski definition) is 1. The molecule has 0 radical (unpaired) electrons. The van der Waals surface area contributed by atoms with Gasteiger partial charge in [0.25, 0.3) is 0 Å². The molecule has 0 heterocycles. The number of para-hydroxylation sites is 1. The van der Waals surface area contributed by atoms with Crippen LogP contribution in [-0.2, 0) is 0 Å². The van der Waals surface area contributed by atoms with E-state index >= 15 is 0 Å². The van der Waals surface area contributed by atoms with E-state index in [1.807, 2.05) is 6.92 Å². The van der Waals surface area contributed by atoms with E-state index in [-0.39, 0.29) is 0 Å². The SMILES string of the molecule is CCNC(CCC1CC1)c1ccccc1OCC. The van der Waals surface area contributed by atoms with Gasteiger partial charge in [0.05, 0.1) is 6.61 Å². The van der Waals surface area contributed by atoms with Gasteiger partial charge in [-0.2, -0.15) is 0 Å². The summed E-state index contributed by atoms with van der Waals surface area (Å²) in [6, 6.07) is 8.89. The molecule has 0 saturated heterocycles. The van der Waals surface area contributed by atoms with Crippen molar-refractivity contribution < 1.29 is 4.74 Å². The lowest BCUT2D eigenvalue weighted by Gasteiger charge is -2.21. The summed E-state index contributed by atoms with van der Waals surface area (Å²) in [5.74, 6) is 2.03. The highest BCUT2D eigenvalue weighted by Crippen LogP contribution is 2.37. The van der Waals surface area contributed by atoms with Gasteiger partial charge in [0.15, 0.2) is 0 Å². The molecule has 0 aliphatic heterocycles. The highest BCUT2D eigenvalue weighted by Gasteiger charge is 2.23. The summed E-state index contributed by atoms with van der Waals surface area (Å²) in [7, 11) is 0. The molecule has 100 valence electrons. The van der Waals surface area contributed by atoms with Gasteiger partial charge < -0.3 is 10.1 Å². The van der Waals surface area contributed by atoms with Crippen LogP contribution >= 0.6 is 0 Å². The van der Waals surface area contributed by atoms with Crippen molar-refractivity contribution in [3.8, 4) is 5.75 Å². The predicted molar refractivity (Wildman–Crippen MR) is 76.0 cm³/mol. The van der Waals surface area contributed by atoms with Crippen LogP contribution < -0.4 is 10.1 Å².